The summed E-state index contributed by atoms with van der Waals surface area (Å²) in [4.78, 5) is 2.59. The summed E-state index contributed by atoms with van der Waals surface area (Å²) >= 11 is 3.74. The molecule has 2 nitrogen and oxygen atoms in total. The van der Waals surface area contributed by atoms with Crippen LogP contribution < -0.4 is 10.2 Å². The molecule has 0 bridgehead atoms. The molecule has 3 heteroatoms. The molecule has 1 fully saturated rings. The molecular formula is C17H27BrN2. The van der Waals surface area contributed by atoms with E-state index in [0.717, 1.165) is 19.1 Å². The molecule has 0 saturated carbocycles. The number of halogens is 1. The van der Waals surface area contributed by atoms with Gasteiger partial charge in [-0.1, -0.05) is 35.8 Å². The maximum absolute atomic E-state index is 3.74. The Morgan fingerprint density at radius 1 is 1.30 bits per heavy atom. The first kappa shape index (κ1) is 15.8. The van der Waals surface area contributed by atoms with Crippen LogP contribution in [-0.2, 0) is 6.54 Å². The minimum Gasteiger partial charge on any atom is -0.369 e. The molecule has 1 unspecified atom stereocenters. The monoisotopic (exact) mass is 338 g/mol. The Morgan fingerprint density at radius 2 is 2.15 bits per heavy atom. The zero-order valence-electron chi connectivity index (χ0n) is 12.8. The number of hydrogen-bond acceptors (Lipinski definition) is 2. The highest BCUT2D eigenvalue weighted by Crippen LogP contribution is 2.30. The van der Waals surface area contributed by atoms with Gasteiger partial charge in [-0.3, -0.25) is 0 Å². The van der Waals surface area contributed by atoms with Gasteiger partial charge in [0.1, 0.15) is 0 Å². The highest BCUT2D eigenvalue weighted by Gasteiger charge is 2.21. The van der Waals surface area contributed by atoms with Crippen LogP contribution in [0.2, 0.25) is 0 Å². The molecule has 0 aromatic heterocycles. The van der Waals surface area contributed by atoms with Crippen LogP contribution in [0, 0.1) is 0 Å². The third-order valence-corrected chi connectivity index (χ3v) is 4.95. The summed E-state index contributed by atoms with van der Waals surface area (Å²) in [5.41, 5.74) is 2.73. The van der Waals surface area contributed by atoms with E-state index in [-0.39, 0.29) is 0 Å². The molecule has 0 amide bonds. The van der Waals surface area contributed by atoms with Crippen LogP contribution in [0.1, 0.15) is 51.5 Å². The summed E-state index contributed by atoms with van der Waals surface area (Å²) in [6.45, 7) is 7.75. The molecule has 1 aromatic carbocycles. The number of hydrogen-bond donors (Lipinski definition) is 1. The predicted octanol–water partition coefficient (Wildman–Crippen LogP) is 4.72. The lowest BCUT2D eigenvalue weighted by Crippen LogP contribution is -2.39. The van der Waals surface area contributed by atoms with E-state index in [0.29, 0.717) is 0 Å². The third kappa shape index (κ3) is 3.98. The summed E-state index contributed by atoms with van der Waals surface area (Å²) in [5, 5.41) is 3.47. The second-order valence-electron chi connectivity index (χ2n) is 5.70. The minimum atomic E-state index is 0.722. The predicted molar refractivity (Wildman–Crippen MR) is 91.4 cm³/mol. The molecule has 112 valence electrons. The molecule has 1 heterocycles. The first-order chi connectivity index (χ1) is 9.76. The molecule has 0 radical (unpaired) electrons. The van der Waals surface area contributed by atoms with Crippen molar-refractivity contribution in [1.29, 1.82) is 0 Å². The van der Waals surface area contributed by atoms with Crippen molar-refractivity contribution >= 4 is 21.6 Å². The van der Waals surface area contributed by atoms with Crippen molar-refractivity contribution in [2.75, 3.05) is 18.0 Å². The van der Waals surface area contributed by atoms with Crippen molar-refractivity contribution in [3.05, 3.63) is 28.2 Å². The quantitative estimate of drug-likeness (QED) is 0.755. The van der Waals surface area contributed by atoms with Crippen LogP contribution in [0.4, 0.5) is 5.69 Å². The smallest absolute Gasteiger partial charge is 0.0380 e. The number of benzene rings is 1. The third-order valence-electron chi connectivity index (χ3n) is 4.21. The van der Waals surface area contributed by atoms with Crippen molar-refractivity contribution in [1.82, 2.24) is 5.32 Å². The first-order valence-corrected chi connectivity index (χ1v) is 8.81. The van der Waals surface area contributed by atoms with Gasteiger partial charge in [-0.25, -0.2) is 0 Å². The topological polar surface area (TPSA) is 15.3 Å². The van der Waals surface area contributed by atoms with Gasteiger partial charge >= 0.3 is 0 Å². The Hall–Kier alpha value is -0.540. The minimum absolute atomic E-state index is 0.722. The first-order valence-electron chi connectivity index (χ1n) is 8.02. The number of piperidine rings is 1. The van der Waals surface area contributed by atoms with Gasteiger partial charge in [0, 0.05) is 29.3 Å². The number of nitrogens with one attached hydrogen (secondary N) is 1. The van der Waals surface area contributed by atoms with Gasteiger partial charge < -0.3 is 10.2 Å². The second kappa shape index (κ2) is 8.04. The Morgan fingerprint density at radius 3 is 2.85 bits per heavy atom. The van der Waals surface area contributed by atoms with E-state index in [1.165, 1.54) is 54.4 Å². The fourth-order valence-electron chi connectivity index (χ4n) is 3.02. The van der Waals surface area contributed by atoms with Crippen LogP contribution >= 0.6 is 15.9 Å². The Labute approximate surface area is 132 Å². The van der Waals surface area contributed by atoms with Crippen molar-refractivity contribution in [2.24, 2.45) is 0 Å². The van der Waals surface area contributed by atoms with Gasteiger partial charge in [-0.15, -0.1) is 0 Å². The molecule has 1 N–H and O–H groups in total. The number of nitrogens with zero attached hydrogens (tertiary/aromatic N) is 1. The van der Waals surface area contributed by atoms with Crippen LogP contribution in [0.15, 0.2) is 22.7 Å². The summed E-state index contributed by atoms with van der Waals surface area (Å²) in [5.74, 6) is 0. The fraction of sp³-hybridized carbons (Fsp3) is 0.647. The zero-order chi connectivity index (χ0) is 14.4. The van der Waals surface area contributed by atoms with E-state index in [1.54, 1.807) is 0 Å². The van der Waals surface area contributed by atoms with E-state index < -0.39 is 0 Å². The molecule has 0 spiro atoms. The lowest BCUT2D eigenvalue weighted by atomic mass is 9.99. The maximum atomic E-state index is 3.74. The second-order valence-corrected chi connectivity index (χ2v) is 6.56. The van der Waals surface area contributed by atoms with Gasteiger partial charge in [-0.2, -0.15) is 0 Å². The summed E-state index contributed by atoms with van der Waals surface area (Å²) in [6, 6.07) is 7.59. The summed E-state index contributed by atoms with van der Waals surface area (Å²) in [7, 11) is 0. The highest BCUT2D eigenvalue weighted by molar-refractivity contribution is 9.10. The van der Waals surface area contributed by atoms with Gasteiger partial charge in [-0.05, 0) is 56.3 Å². The van der Waals surface area contributed by atoms with Crippen molar-refractivity contribution < 1.29 is 0 Å². The van der Waals surface area contributed by atoms with Crippen molar-refractivity contribution in [2.45, 2.75) is 58.5 Å². The molecule has 1 aliphatic heterocycles. The lowest BCUT2D eigenvalue weighted by Gasteiger charge is -2.37. The fourth-order valence-corrected chi connectivity index (χ4v) is 3.53. The summed E-state index contributed by atoms with van der Waals surface area (Å²) in [6.07, 6.45) is 6.48. The number of rotatable bonds is 6. The molecule has 1 aromatic rings. The average molecular weight is 339 g/mol. The Balaban J connectivity index is 2.07. The lowest BCUT2D eigenvalue weighted by molar-refractivity contribution is 0.450. The zero-order valence-corrected chi connectivity index (χ0v) is 14.4. The van der Waals surface area contributed by atoms with Crippen LogP contribution in [0.25, 0.3) is 0 Å². The molecular weight excluding hydrogens is 312 g/mol. The van der Waals surface area contributed by atoms with E-state index in [4.69, 9.17) is 0 Å². The SMILES string of the molecule is CCCNCc1ccc(N2CCCCC2CC)cc1Br. The van der Waals surface area contributed by atoms with E-state index in [1.807, 2.05) is 0 Å². The van der Waals surface area contributed by atoms with E-state index >= 15 is 0 Å². The van der Waals surface area contributed by atoms with Crippen LogP contribution in [-0.4, -0.2) is 19.1 Å². The van der Waals surface area contributed by atoms with Crippen LogP contribution in [0.5, 0.6) is 0 Å². The molecule has 1 aliphatic rings. The van der Waals surface area contributed by atoms with Gasteiger partial charge in [0.2, 0.25) is 0 Å². The van der Waals surface area contributed by atoms with Crippen molar-refractivity contribution in [3.63, 3.8) is 0 Å². The average Bonchev–Trinajstić information content (AvgIpc) is 2.49. The molecule has 2 rings (SSSR count). The molecule has 1 atom stereocenters. The Kier molecular flexibility index (Phi) is 6.37. The highest BCUT2D eigenvalue weighted by atomic mass is 79.9. The van der Waals surface area contributed by atoms with Crippen LogP contribution in [0.3, 0.4) is 0 Å². The van der Waals surface area contributed by atoms with Gasteiger partial charge in [0.15, 0.2) is 0 Å². The van der Waals surface area contributed by atoms with Gasteiger partial charge in [0.25, 0.3) is 0 Å². The molecule has 1 saturated heterocycles. The van der Waals surface area contributed by atoms with E-state index in [9.17, 15) is 0 Å². The molecule has 20 heavy (non-hydrogen) atoms. The van der Waals surface area contributed by atoms with Gasteiger partial charge in [0.05, 0.1) is 0 Å². The standard InChI is InChI=1S/C17H27BrN2/c1-3-10-19-13-14-8-9-16(12-17(14)18)20-11-6-5-7-15(20)4-2/h8-9,12,15,19H,3-7,10-11,13H2,1-2H3. The maximum Gasteiger partial charge on any atom is 0.0380 e. The van der Waals surface area contributed by atoms with Crippen molar-refractivity contribution in [3.8, 4) is 0 Å². The molecule has 0 aliphatic carbocycles. The normalized spacial score (nSPS) is 19.4. The largest absolute Gasteiger partial charge is 0.369 e. The summed E-state index contributed by atoms with van der Waals surface area (Å²) < 4.78 is 1.24. The van der Waals surface area contributed by atoms with E-state index in [2.05, 4.69) is 58.2 Å². The Bertz CT molecular complexity index is 419. The number of anilines is 1.